The van der Waals surface area contributed by atoms with E-state index in [1.165, 1.54) is 28.8 Å². The summed E-state index contributed by atoms with van der Waals surface area (Å²) < 4.78 is 43.1. The summed E-state index contributed by atoms with van der Waals surface area (Å²) in [4.78, 5) is 0. The Morgan fingerprint density at radius 3 is 2.95 bits per heavy atom. The molecular weight excluding hydrogens is 283 g/mol. The zero-order valence-corrected chi connectivity index (χ0v) is 12.2. The number of benzene rings is 1. The Bertz CT molecular complexity index is 577. The van der Waals surface area contributed by atoms with Crippen LogP contribution in [0.25, 0.3) is 0 Å². The van der Waals surface area contributed by atoms with Crippen LogP contribution < -0.4 is 10.5 Å². The normalized spacial score (nSPS) is 20.8. The maximum Gasteiger partial charge on any atom is 0.211 e. The van der Waals surface area contributed by atoms with Gasteiger partial charge in [-0.15, -0.1) is 0 Å². The number of hydrogen-bond donors (Lipinski definition) is 1. The molecule has 0 saturated carbocycles. The summed E-state index contributed by atoms with van der Waals surface area (Å²) in [5.41, 5.74) is 6.08. The van der Waals surface area contributed by atoms with Crippen LogP contribution in [0.2, 0.25) is 0 Å². The Morgan fingerprint density at radius 2 is 2.25 bits per heavy atom. The highest BCUT2D eigenvalue weighted by Crippen LogP contribution is 2.25. The molecule has 1 aliphatic heterocycles. The van der Waals surface area contributed by atoms with Crippen molar-refractivity contribution in [1.82, 2.24) is 4.31 Å². The van der Waals surface area contributed by atoms with Gasteiger partial charge in [-0.05, 0) is 25.0 Å². The second-order valence-electron chi connectivity index (χ2n) is 5.12. The maximum absolute atomic E-state index is 13.1. The smallest absolute Gasteiger partial charge is 0.211 e. The minimum atomic E-state index is -3.16. The summed E-state index contributed by atoms with van der Waals surface area (Å²) in [5, 5.41) is 0. The zero-order chi connectivity index (χ0) is 14.8. The summed E-state index contributed by atoms with van der Waals surface area (Å²) in [6, 6.07) is 3.97. The number of nitrogens with two attached hydrogens (primary N) is 1. The van der Waals surface area contributed by atoms with Crippen molar-refractivity contribution in [3.8, 4) is 5.75 Å². The van der Waals surface area contributed by atoms with Gasteiger partial charge in [0, 0.05) is 25.1 Å². The van der Waals surface area contributed by atoms with E-state index in [1.807, 2.05) is 0 Å². The predicted octanol–water partition coefficient (Wildman–Crippen LogP) is 1.46. The molecule has 0 aliphatic carbocycles. The van der Waals surface area contributed by atoms with Crippen molar-refractivity contribution < 1.29 is 17.5 Å². The van der Waals surface area contributed by atoms with E-state index in [0.29, 0.717) is 31.1 Å². The Morgan fingerprint density at radius 1 is 1.50 bits per heavy atom. The van der Waals surface area contributed by atoms with E-state index in [0.717, 1.165) is 12.8 Å². The molecule has 112 valence electrons. The molecule has 5 nitrogen and oxygen atoms in total. The number of halogens is 1. The van der Waals surface area contributed by atoms with Crippen LogP contribution in [0.5, 0.6) is 5.75 Å². The molecule has 1 aromatic carbocycles. The van der Waals surface area contributed by atoms with E-state index in [9.17, 15) is 12.8 Å². The Kier molecular flexibility index (Phi) is 4.49. The van der Waals surface area contributed by atoms with Crippen LogP contribution in [0.1, 0.15) is 12.8 Å². The lowest BCUT2D eigenvalue weighted by atomic mass is 10.0. The lowest BCUT2D eigenvalue weighted by molar-refractivity contribution is 0.181. The van der Waals surface area contributed by atoms with Gasteiger partial charge in [0.25, 0.3) is 0 Å². The largest absolute Gasteiger partial charge is 0.491 e. The van der Waals surface area contributed by atoms with E-state index in [-0.39, 0.29) is 5.92 Å². The highest BCUT2D eigenvalue weighted by atomic mass is 32.2. The number of anilines is 1. The average molecular weight is 302 g/mol. The summed E-state index contributed by atoms with van der Waals surface area (Å²) in [6.07, 6.45) is 2.90. The van der Waals surface area contributed by atoms with Gasteiger partial charge in [0.2, 0.25) is 10.0 Å². The Labute approximate surface area is 118 Å². The SMILES string of the molecule is CS(=O)(=O)N1CCCC(COc2cc(F)ccc2N)C1. The van der Waals surface area contributed by atoms with Gasteiger partial charge in [-0.25, -0.2) is 17.1 Å². The molecular formula is C13H19FN2O3S. The van der Waals surface area contributed by atoms with Gasteiger partial charge >= 0.3 is 0 Å². The average Bonchev–Trinajstić information content (AvgIpc) is 2.39. The zero-order valence-electron chi connectivity index (χ0n) is 11.4. The number of hydrogen-bond acceptors (Lipinski definition) is 4. The molecule has 1 unspecified atom stereocenters. The first-order chi connectivity index (χ1) is 9.36. The Hall–Kier alpha value is -1.34. The molecule has 0 radical (unpaired) electrons. The summed E-state index contributed by atoms with van der Waals surface area (Å²) in [5.74, 6) is -0.00164. The quantitative estimate of drug-likeness (QED) is 0.855. The van der Waals surface area contributed by atoms with Crippen molar-refractivity contribution in [1.29, 1.82) is 0 Å². The molecule has 1 aromatic rings. The van der Waals surface area contributed by atoms with Gasteiger partial charge in [0.1, 0.15) is 11.6 Å². The topological polar surface area (TPSA) is 72.6 Å². The maximum atomic E-state index is 13.1. The number of ether oxygens (including phenoxy) is 1. The molecule has 0 spiro atoms. The van der Waals surface area contributed by atoms with Crippen molar-refractivity contribution in [3.63, 3.8) is 0 Å². The number of nitrogen functional groups attached to an aromatic ring is 1. The first-order valence-electron chi connectivity index (χ1n) is 6.49. The third-order valence-corrected chi connectivity index (χ3v) is 4.67. The van der Waals surface area contributed by atoms with Crippen LogP contribution in [0.3, 0.4) is 0 Å². The van der Waals surface area contributed by atoms with Gasteiger partial charge in [-0.3, -0.25) is 0 Å². The molecule has 1 heterocycles. The monoisotopic (exact) mass is 302 g/mol. The lowest BCUT2D eigenvalue weighted by Crippen LogP contribution is -2.40. The molecule has 1 atom stereocenters. The second-order valence-corrected chi connectivity index (χ2v) is 7.10. The fraction of sp³-hybridized carbons (Fsp3) is 0.538. The van der Waals surface area contributed by atoms with Crippen LogP contribution in [0, 0.1) is 11.7 Å². The molecule has 2 N–H and O–H groups in total. The van der Waals surface area contributed by atoms with E-state index >= 15 is 0 Å². The van der Waals surface area contributed by atoms with Crippen LogP contribution >= 0.6 is 0 Å². The van der Waals surface area contributed by atoms with Crippen LogP contribution in [-0.4, -0.2) is 38.7 Å². The van der Waals surface area contributed by atoms with Crippen molar-refractivity contribution in [2.24, 2.45) is 5.92 Å². The van der Waals surface area contributed by atoms with Crippen LogP contribution in [0.4, 0.5) is 10.1 Å². The first-order valence-corrected chi connectivity index (χ1v) is 8.34. The summed E-state index contributed by atoms with van der Waals surface area (Å²) in [6.45, 7) is 1.32. The fourth-order valence-corrected chi connectivity index (χ4v) is 3.25. The van der Waals surface area contributed by atoms with Gasteiger partial charge in [-0.2, -0.15) is 0 Å². The molecule has 0 amide bonds. The number of sulfonamides is 1. The fourth-order valence-electron chi connectivity index (χ4n) is 2.30. The van der Waals surface area contributed by atoms with E-state index in [2.05, 4.69) is 0 Å². The molecule has 0 aromatic heterocycles. The minimum absolute atomic E-state index is 0.0983. The molecule has 1 fully saturated rings. The van der Waals surface area contributed by atoms with Crippen LogP contribution in [0.15, 0.2) is 18.2 Å². The van der Waals surface area contributed by atoms with Crippen molar-refractivity contribution >= 4 is 15.7 Å². The third kappa shape index (κ3) is 3.83. The van der Waals surface area contributed by atoms with Gasteiger partial charge < -0.3 is 10.5 Å². The van der Waals surface area contributed by atoms with Crippen molar-refractivity contribution in [2.45, 2.75) is 12.8 Å². The standard InChI is InChI=1S/C13H19FN2O3S/c1-20(17,18)16-6-2-3-10(8-16)9-19-13-7-11(14)4-5-12(13)15/h4-5,7,10H,2-3,6,8-9,15H2,1H3. The van der Waals surface area contributed by atoms with E-state index in [4.69, 9.17) is 10.5 Å². The highest BCUT2D eigenvalue weighted by molar-refractivity contribution is 7.88. The minimum Gasteiger partial charge on any atom is -0.491 e. The second kappa shape index (κ2) is 5.97. The van der Waals surface area contributed by atoms with Gasteiger partial charge in [0.15, 0.2) is 0 Å². The molecule has 2 rings (SSSR count). The van der Waals surface area contributed by atoms with E-state index < -0.39 is 15.8 Å². The Balaban J connectivity index is 1.95. The van der Waals surface area contributed by atoms with Gasteiger partial charge in [-0.1, -0.05) is 0 Å². The lowest BCUT2D eigenvalue weighted by Gasteiger charge is -2.30. The number of rotatable bonds is 4. The predicted molar refractivity (Wildman–Crippen MR) is 75.4 cm³/mol. The van der Waals surface area contributed by atoms with Gasteiger partial charge in [0.05, 0.1) is 18.6 Å². The molecule has 1 aliphatic rings. The van der Waals surface area contributed by atoms with Crippen LogP contribution in [-0.2, 0) is 10.0 Å². The number of piperidine rings is 1. The third-order valence-electron chi connectivity index (χ3n) is 3.40. The molecule has 20 heavy (non-hydrogen) atoms. The molecule has 0 bridgehead atoms. The first kappa shape index (κ1) is 15.1. The van der Waals surface area contributed by atoms with E-state index in [1.54, 1.807) is 0 Å². The van der Waals surface area contributed by atoms with Crippen molar-refractivity contribution in [3.05, 3.63) is 24.0 Å². The summed E-state index contributed by atoms with van der Waals surface area (Å²) in [7, 11) is -3.16. The number of nitrogens with zero attached hydrogens (tertiary/aromatic N) is 1. The van der Waals surface area contributed by atoms with Crippen molar-refractivity contribution in [2.75, 3.05) is 31.7 Å². The molecule has 7 heteroatoms. The molecule has 1 saturated heterocycles. The highest BCUT2D eigenvalue weighted by Gasteiger charge is 2.26. The summed E-state index contributed by atoms with van der Waals surface area (Å²) >= 11 is 0.